The molecule has 1 aromatic carbocycles. The van der Waals surface area contributed by atoms with E-state index in [1.807, 2.05) is 56.0 Å². The predicted octanol–water partition coefficient (Wildman–Crippen LogP) is 3.47. The van der Waals surface area contributed by atoms with Gasteiger partial charge in [-0.3, -0.25) is 0 Å². The molecule has 0 amide bonds. The maximum absolute atomic E-state index is 5.95. The average molecular weight is 293 g/mol. The molecule has 0 spiro atoms. The summed E-state index contributed by atoms with van der Waals surface area (Å²) in [5, 5.41) is 0.125. The number of para-hydroxylation sites is 1. The minimum Gasteiger partial charge on any atom is -0.461 e. The van der Waals surface area contributed by atoms with Crippen LogP contribution in [0.3, 0.4) is 0 Å². The van der Waals surface area contributed by atoms with Crippen molar-refractivity contribution in [3.8, 4) is 6.01 Å². The minimum absolute atomic E-state index is 0.0203. The Morgan fingerprint density at radius 2 is 1.85 bits per heavy atom. The molecule has 0 unspecified atom stereocenters. The first-order valence-electron chi connectivity index (χ1n) is 6.51. The lowest BCUT2D eigenvalue weighted by molar-refractivity contribution is 0.221. The molecule has 6 heteroatoms. The molecule has 0 saturated heterocycles. The number of hydrogen-bond acceptors (Lipinski definition) is 5. The van der Waals surface area contributed by atoms with Crippen molar-refractivity contribution in [3.05, 3.63) is 35.6 Å². The highest BCUT2D eigenvalue weighted by molar-refractivity contribution is 6.28. The predicted molar refractivity (Wildman–Crippen MR) is 79.7 cm³/mol. The summed E-state index contributed by atoms with van der Waals surface area (Å²) in [6.07, 6.45) is -0.0203. The summed E-state index contributed by atoms with van der Waals surface area (Å²) < 4.78 is 5.49. The van der Waals surface area contributed by atoms with E-state index in [4.69, 9.17) is 16.3 Å². The van der Waals surface area contributed by atoms with Crippen LogP contribution in [0.5, 0.6) is 6.01 Å². The smallest absolute Gasteiger partial charge is 0.322 e. The number of hydrogen-bond donors (Lipinski definition) is 0. The topological polar surface area (TPSA) is 51.1 Å². The molecule has 1 heterocycles. The van der Waals surface area contributed by atoms with Crippen LogP contribution in [0.15, 0.2) is 30.3 Å². The molecule has 1 aromatic heterocycles. The quantitative estimate of drug-likeness (QED) is 0.844. The zero-order chi connectivity index (χ0) is 14.5. The Hall–Kier alpha value is -1.88. The van der Waals surface area contributed by atoms with Crippen LogP contribution in [-0.2, 0) is 0 Å². The van der Waals surface area contributed by atoms with Gasteiger partial charge in [0.05, 0.1) is 6.10 Å². The molecule has 0 radical (unpaired) electrons. The molecule has 0 aliphatic heterocycles. The largest absolute Gasteiger partial charge is 0.461 e. The molecule has 2 rings (SSSR count). The average Bonchev–Trinajstić information content (AvgIpc) is 2.39. The number of ether oxygens (including phenoxy) is 1. The molecule has 0 N–H and O–H groups in total. The fourth-order valence-corrected chi connectivity index (χ4v) is 1.90. The number of anilines is 2. The summed E-state index contributed by atoms with van der Waals surface area (Å²) in [5.74, 6) is 0.481. The maximum Gasteiger partial charge on any atom is 0.322 e. The lowest BCUT2D eigenvalue weighted by Crippen LogP contribution is -2.20. The second-order valence-electron chi connectivity index (χ2n) is 4.43. The summed E-state index contributed by atoms with van der Waals surface area (Å²) in [4.78, 5) is 14.4. The Morgan fingerprint density at radius 3 is 2.45 bits per heavy atom. The standard InChI is InChI=1S/C14H17ClN4O/c1-4-19(11-8-6-5-7-9-11)13-16-12(15)17-14(18-13)20-10(2)3/h5-10H,4H2,1-3H3. The van der Waals surface area contributed by atoms with Crippen molar-refractivity contribution in [2.75, 3.05) is 11.4 Å². The van der Waals surface area contributed by atoms with E-state index < -0.39 is 0 Å². The molecule has 106 valence electrons. The molecule has 0 aliphatic rings. The summed E-state index contributed by atoms with van der Waals surface area (Å²) in [7, 11) is 0. The van der Waals surface area contributed by atoms with Crippen LogP contribution in [0.4, 0.5) is 11.6 Å². The van der Waals surface area contributed by atoms with Gasteiger partial charge in [0.15, 0.2) is 0 Å². The highest BCUT2D eigenvalue weighted by Crippen LogP contribution is 2.23. The van der Waals surface area contributed by atoms with Gasteiger partial charge in [-0.25, -0.2) is 0 Å². The van der Waals surface area contributed by atoms with Crippen LogP contribution in [0, 0.1) is 0 Å². The highest BCUT2D eigenvalue weighted by Gasteiger charge is 2.14. The monoisotopic (exact) mass is 292 g/mol. The molecule has 0 saturated carbocycles. The van der Waals surface area contributed by atoms with Crippen molar-refractivity contribution in [3.63, 3.8) is 0 Å². The molecular formula is C14H17ClN4O. The number of nitrogens with zero attached hydrogens (tertiary/aromatic N) is 4. The molecule has 0 bridgehead atoms. The Morgan fingerprint density at radius 1 is 1.15 bits per heavy atom. The van der Waals surface area contributed by atoms with E-state index in [9.17, 15) is 0 Å². The zero-order valence-electron chi connectivity index (χ0n) is 11.7. The fourth-order valence-electron chi connectivity index (χ4n) is 1.75. The van der Waals surface area contributed by atoms with Crippen molar-refractivity contribution < 1.29 is 4.74 Å². The fraction of sp³-hybridized carbons (Fsp3) is 0.357. The lowest BCUT2D eigenvalue weighted by atomic mass is 10.3. The van der Waals surface area contributed by atoms with E-state index in [1.165, 1.54) is 0 Å². The van der Waals surface area contributed by atoms with Crippen LogP contribution in [-0.4, -0.2) is 27.6 Å². The van der Waals surface area contributed by atoms with Crippen LogP contribution in [0.2, 0.25) is 5.28 Å². The first-order chi connectivity index (χ1) is 9.60. The minimum atomic E-state index is -0.0203. The van der Waals surface area contributed by atoms with Gasteiger partial charge in [-0.05, 0) is 44.5 Å². The summed E-state index contributed by atoms with van der Waals surface area (Å²) in [6, 6.07) is 10.1. The Bertz CT molecular complexity index is 562. The first kappa shape index (κ1) is 14.5. The third-order valence-corrected chi connectivity index (χ3v) is 2.71. The van der Waals surface area contributed by atoms with E-state index in [-0.39, 0.29) is 17.4 Å². The van der Waals surface area contributed by atoms with Crippen LogP contribution in [0.1, 0.15) is 20.8 Å². The van der Waals surface area contributed by atoms with Crippen LogP contribution >= 0.6 is 11.6 Å². The lowest BCUT2D eigenvalue weighted by Gasteiger charge is -2.21. The molecule has 5 nitrogen and oxygen atoms in total. The summed E-state index contributed by atoms with van der Waals surface area (Å²) in [5.41, 5.74) is 0.993. The van der Waals surface area contributed by atoms with E-state index in [1.54, 1.807) is 0 Å². The first-order valence-corrected chi connectivity index (χ1v) is 6.88. The Balaban J connectivity index is 2.37. The summed E-state index contributed by atoms with van der Waals surface area (Å²) in [6.45, 7) is 6.55. The number of benzene rings is 1. The second kappa shape index (κ2) is 6.52. The van der Waals surface area contributed by atoms with Gasteiger partial charge < -0.3 is 9.64 Å². The number of rotatable bonds is 5. The van der Waals surface area contributed by atoms with Gasteiger partial charge in [0.25, 0.3) is 0 Å². The van der Waals surface area contributed by atoms with Gasteiger partial charge in [0, 0.05) is 12.2 Å². The van der Waals surface area contributed by atoms with Gasteiger partial charge in [0.1, 0.15) is 0 Å². The Kier molecular flexibility index (Phi) is 4.74. The molecular weight excluding hydrogens is 276 g/mol. The normalized spacial score (nSPS) is 10.7. The molecule has 0 atom stereocenters. The van der Waals surface area contributed by atoms with E-state index in [0.29, 0.717) is 12.5 Å². The molecule has 0 fully saturated rings. The maximum atomic E-state index is 5.95. The van der Waals surface area contributed by atoms with Gasteiger partial charge in [-0.2, -0.15) is 15.0 Å². The second-order valence-corrected chi connectivity index (χ2v) is 4.77. The Labute approximate surface area is 123 Å². The van der Waals surface area contributed by atoms with Crippen molar-refractivity contribution in [2.45, 2.75) is 26.9 Å². The van der Waals surface area contributed by atoms with E-state index in [0.717, 1.165) is 5.69 Å². The van der Waals surface area contributed by atoms with Gasteiger partial charge in [-0.15, -0.1) is 0 Å². The van der Waals surface area contributed by atoms with Crippen molar-refractivity contribution in [1.82, 2.24) is 15.0 Å². The summed E-state index contributed by atoms with van der Waals surface area (Å²) >= 11 is 5.95. The third kappa shape index (κ3) is 3.57. The highest BCUT2D eigenvalue weighted by atomic mass is 35.5. The van der Waals surface area contributed by atoms with Gasteiger partial charge in [-0.1, -0.05) is 18.2 Å². The SMILES string of the molecule is CCN(c1ccccc1)c1nc(Cl)nc(OC(C)C)n1. The third-order valence-electron chi connectivity index (χ3n) is 2.54. The molecule has 0 aliphatic carbocycles. The number of aromatic nitrogens is 3. The van der Waals surface area contributed by atoms with Gasteiger partial charge >= 0.3 is 6.01 Å². The number of halogens is 1. The van der Waals surface area contributed by atoms with Gasteiger partial charge in [0.2, 0.25) is 11.2 Å². The van der Waals surface area contributed by atoms with Crippen LogP contribution in [0.25, 0.3) is 0 Å². The van der Waals surface area contributed by atoms with E-state index in [2.05, 4.69) is 15.0 Å². The molecule has 2 aromatic rings. The zero-order valence-corrected chi connectivity index (χ0v) is 12.5. The van der Waals surface area contributed by atoms with Crippen molar-refractivity contribution in [1.29, 1.82) is 0 Å². The van der Waals surface area contributed by atoms with E-state index >= 15 is 0 Å². The molecule has 20 heavy (non-hydrogen) atoms. The van der Waals surface area contributed by atoms with Crippen molar-refractivity contribution in [2.24, 2.45) is 0 Å². The van der Waals surface area contributed by atoms with Crippen molar-refractivity contribution >= 4 is 23.2 Å². The van der Waals surface area contributed by atoms with Crippen LogP contribution < -0.4 is 9.64 Å².